The van der Waals surface area contributed by atoms with E-state index in [-0.39, 0.29) is 11.8 Å². The molecule has 0 bridgehead atoms. The van der Waals surface area contributed by atoms with Gasteiger partial charge in [-0.3, -0.25) is 4.79 Å². The van der Waals surface area contributed by atoms with Crippen LogP contribution in [0.1, 0.15) is 31.5 Å². The van der Waals surface area contributed by atoms with Crippen LogP contribution in [0.5, 0.6) is 11.5 Å². The SMILES string of the molecule is COc1ccc(-c2cc(CN(Cc3ccccc3)C(=O)CC(C)C)no2)c(OC)c1. The Bertz CT molecular complexity index is 966. The lowest BCUT2D eigenvalue weighted by atomic mass is 10.1. The second kappa shape index (κ2) is 9.96. The maximum absolute atomic E-state index is 12.8. The van der Waals surface area contributed by atoms with E-state index in [4.69, 9.17) is 14.0 Å². The van der Waals surface area contributed by atoms with E-state index in [0.717, 1.165) is 11.1 Å². The fraction of sp³-hybridized carbons (Fsp3) is 0.333. The molecule has 0 aliphatic rings. The van der Waals surface area contributed by atoms with Crippen LogP contribution < -0.4 is 9.47 Å². The number of carbonyl (C=O) groups is 1. The summed E-state index contributed by atoms with van der Waals surface area (Å²) < 4.78 is 16.3. The Balaban J connectivity index is 1.82. The van der Waals surface area contributed by atoms with Crippen molar-refractivity contribution in [1.29, 1.82) is 0 Å². The van der Waals surface area contributed by atoms with E-state index < -0.39 is 0 Å². The number of hydrogen-bond donors (Lipinski definition) is 0. The average Bonchev–Trinajstić information content (AvgIpc) is 3.21. The first kappa shape index (κ1) is 21.4. The Morgan fingerprint density at radius 3 is 2.47 bits per heavy atom. The molecule has 0 atom stereocenters. The summed E-state index contributed by atoms with van der Waals surface area (Å²) >= 11 is 0. The molecular weight excluding hydrogens is 380 g/mol. The van der Waals surface area contributed by atoms with Crippen LogP contribution in [-0.4, -0.2) is 30.2 Å². The Labute approximate surface area is 177 Å². The number of amides is 1. The van der Waals surface area contributed by atoms with Crippen LogP contribution in [0.25, 0.3) is 11.3 Å². The van der Waals surface area contributed by atoms with Gasteiger partial charge in [-0.1, -0.05) is 49.3 Å². The summed E-state index contributed by atoms with van der Waals surface area (Å²) in [6, 6.07) is 17.3. The third-order valence-electron chi connectivity index (χ3n) is 4.74. The van der Waals surface area contributed by atoms with E-state index in [0.29, 0.717) is 42.5 Å². The second-order valence-electron chi connectivity index (χ2n) is 7.58. The van der Waals surface area contributed by atoms with Crippen LogP contribution in [0, 0.1) is 5.92 Å². The molecule has 30 heavy (non-hydrogen) atoms. The number of ether oxygens (including phenoxy) is 2. The zero-order chi connectivity index (χ0) is 21.5. The van der Waals surface area contributed by atoms with Gasteiger partial charge < -0.3 is 18.9 Å². The van der Waals surface area contributed by atoms with Crippen LogP contribution in [0.3, 0.4) is 0 Å². The Morgan fingerprint density at radius 1 is 1.03 bits per heavy atom. The number of benzene rings is 2. The van der Waals surface area contributed by atoms with Gasteiger partial charge >= 0.3 is 0 Å². The van der Waals surface area contributed by atoms with Crippen LogP contribution >= 0.6 is 0 Å². The van der Waals surface area contributed by atoms with Gasteiger partial charge in [0.05, 0.1) is 26.3 Å². The van der Waals surface area contributed by atoms with E-state index >= 15 is 0 Å². The van der Waals surface area contributed by atoms with E-state index in [1.807, 2.05) is 67.3 Å². The molecule has 1 heterocycles. The Kier molecular flexibility index (Phi) is 7.12. The molecule has 0 radical (unpaired) electrons. The maximum Gasteiger partial charge on any atom is 0.223 e. The van der Waals surface area contributed by atoms with E-state index in [2.05, 4.69) is 5.16 Å². The smallest absolute Gasteiger partial charge is 0.223 e. The molecule has 0 unspecified atom stereocenters. The van der Waals surface area contributed by atoms with Crippen molar-refractivity contribution in [2.45, 2.75) is 33.4 Å². The summed E-state index contributed by atoms with van der Waals surface area (Å²) in [6.07, 6.45) is 0.490. The highest BCUT2D eigenvalue weighted by Gasteiger charge is 2.19. The molecule has 2 aromatic carbocycles. The van der Waals surface area contributed by atoms with Crippen molar-refractivity contribution in [3.05, 3.63) is 65.9 Å². The molecule has 0 aliphatic carbocycles. The van der Waals surface area contributed by atoms with Crippen molar-refractivity contribution in [2.75, 3.05) is 14.2 Å². The van der Waals surface area contributed by atoms with Gasteiger partial charge in [-0.25, -0.2) is 0 Å². The molecule has 0 fully saturated rings. The van der Waals surface area contributed by atoms with Crippen molar-refractivity contribution in [3.63, 3.8) is 0 Å². The topological polar surface area (TPSA) is 64.8 Å². The van der Waals surface area contributed by atoms with Crippen LogP contribution in [0.15, 0.2) is 59.1 Å². The minimum Gasteiger partial charge on any atom is -0.497 e. The molecule has 1 aromatic heterocycles. The summed E-state index contributed by atoms with van der Waals surface area (Å²) in [5, 5.41) is 4.20. The molecule has 3 rings (SSSR count). The van der Waals surface area contributed by atoms with Crippen molar-refractivity contribution in [1.82, 2.24) is 10.1 Å². The summed E-state index contributed by atoms with van der Waals surface area (Å²) in [7, 11) is 3.21. The van der Waals surface area contributed by atoms with Gasteiger partial charge in [0.2, 0.25) is 5.91 Å². The van der Waals surface area contributed by atoms with Crippen LogP contribution in [0.4, 0.5) is 0 Å². The predicted octanol–water partition coefficient (Wildman–Crippen LogP) is 4.93. The molecule has 0 spiro atoms. The van der Waals surface area contributed by atoms with E-state index in [1.165, 1.54) is 0 Å². The van der Waals surface area contributed by atoms with Gasteiger partial charge in [0, 0.05) is 25.1 Å². The van der Waals surface area contributed by atoms with Crippen LogP contribution in [0.2, 0.25) is 0 Å². The Hall–Kier alpha value is -3.28. The molecule has 6 heteroatoms. The molecule has 6 nitrogen and oxygen atoms in total. The number of nitrogens with zero attached hydrogens (tertiary/aromatic N) is 2. The van der Waals surface area contributed by atoms with Crippen molar-refractivity contribution >= 4 is 5.91 Å². The lowest BCUT2D eigenvalue weighted by Crippen LogP contribution is -2.31. The molecule has 0 saturated heterocycles. The van der Waals surface area contributed by atoms with Crippen molar-refractivity contribution in [2.24, 2.45) is 5.92 Å². The third-order valence-corrected chi connectivity index (χ3v) is 4.74. The largest absolute Gasteiger partial charge is 0.497 e. The average molecular weight is 408 g/mol. The number of rotatable bonds is 9. The van der Waals surface area contributed by atoms with Gasteiger partial charge in [-0.2, -0.15) is 0 Å². The maximum atomic E-state index is 12.8. The molecule has 0 aliphatic heterocycles. The number of methoxy groups -OCH3 is 2. The molecule has 3 aromatic rings. The van der Waals surface area contributed by atoms with Gasteiger partial charge in [-0.15, -0.1) is 0 Å². The van der Waals surface area contributed by atoms with Gasteiger partial charge in [-0.05, 0) is 23.6 Å². The normalized spacial score (nSPS) is 10.8. The zero-order valence-corrected chi connectivity index (χ0v) is 17.9. The van der Waals surface area contributed by atoms with Crippen molar-refractivity contribution < 1.29 is 18.8 Å². The highest BCUT2D eigenvalue weighted by Crippen LogP contribution is 2.33. The van der Waals surface area contributed by atoms with Crippen molar-refractivity contribution in [3.8, 4) is 22.8 Å². The summed E-state index contributed by atoms with van der Waals surface area (Å²) in [5.74, 6) is 2.30. The number of hydrogen-bond acceptors (Lipinski definition) is 5. The Morgan fingerprint density at radius 2 is 1.80 bits per heavy atom. The van der Waals surface area contributed by atoms with Gasteiger partial charge in [0.15, 0.2) is 5.76 Å². The monoisotopic (exact) mass is 408 g/mol. The van der Waals surface area contributed by atoms with E-state index in [1.54, 1.807) is 20.3 Å². The summed E-state index contributed by atoms with van der Waals surface area (Å²) in [5.41, 5.74) is 2.55. The first-order chi connectivity index (χ1) is 14.5. The molecule has 0 N–H and O–H groups in total. The highest BCUT2D eigenvalue weighted by atomic mass is 16.5. The summed E-state index contributed by atoms with van der Waals surface area (Å²) in [6.45, 7) is 4.99. The molecule has 158 valence electrons. The predicted molar refractivity (Wildman–Crippen MR) is 115 cm³/mol. The van der Waals surface area contributed by atoms with Gasteiger partial charge in [0.25, 0.3) is 0 Å². The lowest BCUT2D eigenvalue weighted by Gasteiger charge is -2.22. The minimum atomic E-state index is 0.0976. The standard InChI is InChI=1S/C24H28N2O4/c1-17(2)12-24(27)26(15-18-8-6-5-7-9-18)16-19-13-23(30-25-19)21-11-10-20(28-3)14-22(21)29-4/h5-11,13-14,17H,12,15-16H2,1-4H3. The molecule has 0 saturated carbocycles. The number of carbonyl (C=O) groups excluding carboxylic acids is 1. The van der Waals surface area contributed by atoms with E-state index in [9.17, 15) is 4.79 Å². The fourth-order valence-corrected chi connectivity index (χ4v) is 3.23. The zero-order valence-electron chi connectivity index (χ0n) is 17.9. The number of aromatic nitrogens is 1. The lowest BCUT2D eigenvalue weighted by molar-refractivity contribution is -0.133. The van der Waals surface area contributed by atoms with Gasteiger partial charge in [0.1, 0.15) is 17.2 Å². The second-order valence-corrected chi connectivity index (χ2v) is 7.58. The fourth-order valence-electron chi connectivity index (χ4n) is 3.23. The first-order valence-corrected chi connectivity index (χ1v) is 9.99. The van der Waals surface area contributed by atoms with Crippen LogP contribution in [-0.2, 0) is 17.9 Å². The summed E-state index contributed by atoms with van der Waals surface area (Å²) in [4.78, 5) is 14.7. The third kappa shape index (κ3) is 5.41. The minimum absolute atomic E-state index is 0.0976. The quantitative estimate of drug-likeness (QED) is 0.502. The first-order valence-electron chi connectivity index (χ1n) is 9.99. The molecular formula is C24H28N2O4. The molecule has 1 amide bonds. The highest BCUT2D eigenvalue weighted by molar-refractivity contribution is 5.76.